The van der Waals surface area contributed by atoms with Gasteiger partial charge in [-0.3, -0.25) is 14.4 Å². The third-order valence-electron chi connectivity index (χ3n) is 6.35. The number of amides is 3. The topological polar surface area (TPSA) is 215 Å². The van der Waals surface area contributed by atoms with Gasteiger partial charge in [-0.15, -0.1) is 0 Å². The first-order valence-electron chi connectivity index (χ1n) is 12.6. The smallest absolute Gasteiger partial charge is 0.326 e. The predicted molar refractivity (Wildman–Crippen MR) is 142 cm³/mol. The number of aliphatic hydroxyl groups excluding tert-OH is 1. The first kappa shape index (κ1) is 29.3. The van der Waals surface area contributed by atoms with Gasteiger partial charge in [0.25, 0.3) is 0 Å². The number of carboxylic acid groups (broad SMARTS) is 1. The van der Waals surface area contributed by atoms with E-state index in [-0.39, 0.29) is 12.8 Å². The summed E-state index contributed by atoms with van der Waals surface area (Å²) in [6.07, 6.45) is 3.49. The Morgan fingerprint density at radius 2 is 1.62 bits per heavy atom. The molecule has 0 spiro atoms. The number of nitrogens with zero attached hydrogens (tertiary/aromatic N) is 1. The van der Waals surface area contributed by atoms with Crippen LogP contribution in [0.4, 0.5) is 0 Å². The second kappa shape index (κ2) is 13.0. The number of aromatic nitrogens is 3. The van der Waals surface area contributed by atoms with Crippen LogP contribution in [0.1, 0.15) is 32.0 Å². The average molecular weight is 542 g/mol. The fraction of sp³-hybridized carbons (Fsp3) is 0.423. The molecule has 39 heavy (non-hydrogen) atoms. The summed E-state index contributed by atoms with van der Waals surface area (Å²) in [4.78, 5) is 60.6. The quantitative estimate of drug-likeness (QED) is 0.142. The van der Waals surface area contributed by atoms with Crippen LogP contribution in [0.2, 0.25) is 0 Å². The van der Waals surface area contributed by atoms with Crippen molar-refractivity contribution in [2.24, 2.45) is 11.7 Å². The lowest BCUT2D eigenvalue weighted by atomic mass is 10.00. The number of fused-ring (bicyclic) bond motifs is 1. The van der Waals surface area contributed by atoms with Gasteiger partial charge in [-0.05, 0) is 24.5 Å². The van der Waals surface area contributed by atoms with Crippen LogP contribution in [-0.4, -0.2) is 79.1 Å². The molecule has 3 aromatic rings. The molecular weight excluding hydrogens is 506 g/mol. The molecule has 0 fully saturated rings. The van der Waals surface area contributed by atoms with Gasteiger partial charge in [-0.2, -0.15) is 0 Å². The molecule has 210 valence electrons. The number of carbonyl (C=O) groups excluding carboxylic acids is 3. The lowest BCUT2D eigenvalue weighted by Gasteiger charge is -2.28. The van der Waals surface area contributed by atoms with E-state index in [1.807, 2.05) is 24.3 Å². The minimum Gasteiger partial charge on any atom is -0.480 e. The Morgan fingerprint density at radius 1 is 0.949 bits per heavy atom. The van der Waals surface area contributed by atoms with Gasteiger partial charge in [-0.25, -0.2) is 9.78 Å². The van der Waals surface area contributed by atoms with E-state index in [4.69, 9.17) is 5.73 Å². The molecule has 0 bridgehead atoms. The van der Waals surface area contributed by atoms with Gasteiger partial charge >= 0.3 is 5.97 Å². The Balaban J connectivity index is 1.67. The number of imidazole rings is 1. The number of para-hydroxylation sites is 1. The number of aliphatic carboxylic acids is 1. The Morgan fingerprint density at radius 3 is 2.23 bits per heavy atom. The van der Waals surface area contributed by atoms with Gasteiger partial charge in [0.2, 0.25) is 17.7 Å². The lowest BCUT2D eigenvalue weighted by molar-refractivity contribution is -0.142. The van der Waals surface area contributed by atoms with E-state index >= 15 is 0 Å². The summed E-state index contributed by atoms with van der Waals surface area (Å²) in [5, 5.41) is 28.3. The number of H-pyrrole nitrogens is 2. The number of aromatic amines is 2. The minimum absolute atomic E-state index is 0.0183. The molecular formula is C26H35N7O6. The zero-order chi connectivity index (χ0) is 28.7. The number of nitrogens with two attached hydrogens (primary N) is 1. The average Bonchev–Trinajstić information content (AvgIpc) is 3.54. The molecule has 5 unspecified atom stereocenters. The fourth-order valence-corrected chi connectivity index (χ4v) is 4.15. The molecule has 13 heteroatoms. The van der Waals surface area contributed by atoms with Crippen molar-refractivity contribution in [1.82, 2.24) is 30.9 Å². The van der Waals surface area contributed by atoms with E-state index in [0.717, 1.165) is 10.9 Å². The zero-order valence-electron chi connectivity index (χ0n) is 22.0. The van der Waals surface area contributed by atoms with Crippen LogP contribution in [0.5, 0.6) is 0 Å². The van der Waals surface area contributed by atoms with Crippen LogP contribution < -0.4 is 21.7 Å². The van der Waals surface area contributed by atoms with Crippen LogP contribution in [0.15, 0.2) is 43.0 Å². The molecule has 1 aromatic carbocycles. The molecule has 3 amide bonds. The molecule has 5 atom stereocenters. The largest absolute Gasteiger partial charge is 0.480 e. The first-order valence-corrected chi connectivity index (χ1v) is 12.6. The number of hydrogen-bond acceptors (Lipinski definition) is 7. The number of nitrogens with one attached hydrogen (secondary N) is 5. The highest BCUT2D eigenvalue weighted by molar-refractivity contribution is 5.94. The summed E-state index contributed by atoms with van der Waals surface area (Å²) in [6, 6.07) is 2.57. The van der Waals surface area contributed by atoms with Crippen molar-refractivity contribution in [2.45, 2.75) is 63.9 Å². The number of rotatable bonds is 13. The summed E-state index contributed by atoms with van der Waals surface area (Å²) in [5.74, 6) is -3.88. The van der Waals surface area contributed by atoms with Crippen LogP contribution in [0, 0.1) is 5.92 Å². The summed E-state index contributed by atoms with van der Waals surface area (Å²) in [7, 11) is 0. The molecule has 0 saturated heterocycles. The second-order valence-electron chi connectivity index (χ2n) is 9.81. The van der Waals surface area contributed by atoms with Crippen molar-refractivity contribution in [2.75, 3.05) is 0 Å². The maximum atomic E-state index is 13.2. The Labute approximate surface area is 225 Å². The predicted octanol–water partition coefficient (Wildman–Crippen LogP) is -0.421. The zero-order valence-corrected chi connectivity index (χ0v) is 22.0. The maximum Gasteiger partial charge on any atom is 0.326 e. The summed E-state index contributed by atoms with van der Waals surface area (Å²) < 4.78 is 0. The molecule has 3 rings (SSSR count). The van der Waals surface area contributed by atoms with E-state index in [9.17, 15) is 29.4 Å². The van der Waals surface area contributed by atoms with Crippen molar-refractivity contribution in [3.63, 3.8) is 0 Å². The fourth-order valence-electron chi connectivity index (χ4n) is 4.15. The minimum atomic E-state index is -1.40. The number of hydrogen-bond donors (Lipinski definition) is 8. The highest BCUT2D eigenvalue weighted by Crippen LogP contribution is 2.19. The molecule has 2 aromatic heterocycles. The highest BCUT2D eigenvalue weighted by Gasteiger charge is 2.34. The van der Waals surface area contributed by atoms with Crippen LogP contribution in [0.3, 0.4) is 0 Å². The Kier molecular flexibility index (Phi) is 9.79. The van der Waals surface area contributed by atoms with Gasteiger partial charge in [0.1, 0.15) is 18.1 Å². The molecule has 0 aliphatic heterocycles. The molecule has 0 aliphatic carbocycles. The summed E-state index contributed by atoms with van der Waals surface area (Å²) >= 11 is 0. The highest BCUT2D eigenvalue weighted by atomic mass is 16.4. The SMILES string of the molecule is CC(C)C(NC(=O)C(NC(=O)C(N)Cc1cnc[nH]1)C(C)O)C(=O)NC(Cc1c[nH]c2ccccc12)C(=O)O. The van der Waals surface area contributed by atoms with Crippen molar-refractivity contribution >= 4 is 34.6 Å². The third-order valence-corrected chi connectivity index (χ3v) is 6.35. The standard InChI is InChI=1S/C26H35N7O6/c1-13(2)21(24(36)31-20(26(38)39)8-15-10-29-19-7-5-4-6-17(15)19)32-25(37)22(14(3)34)33-23(35)18(27)9-16-11-28-12-30-16/h4-7,10-14,18,20-22,29,34H,8-9,27H2,1-3H3,(H,28,30)(H,31,36)(H,32,37)(H,33,35)(H,38,39). The van der Waals surface area contributed by atoms with E-state index in [1.54, 1.807) is 20.0 Å². The summed E-state index contributed by atoms with van der Waals surface area (Å²) in [5.41, 5.74) is 8.10. The molecule has 13 nitrogen and oxygen atoms in total. The van der Waals surface area contributed by atoms with E-state index in [0.29, 0.717) is 11.3 Å². The van der Waals surface area contributed by atoms with Crippen molar-refractivity contribution in [1.29, 1.82) is 0 Å². The second-order valence-corrected chi connectivity index (χ2v) is 9.81. The number of aliphatic hydroxyl groups is 1. The molecule has 0 radical (unpaired) electrons. The van der Waals surface area contributed by atoms with Gasteiger partial charge in [0, 0.05) is 41.8 Å². The van der Waals surface area contributed by atoms with Crippen molar-refractivity contribution in [3.8, 4) is 0 Å². The number of benzene rings is 1. The van der Waals surface area contributed by atoms with Crippen molar-refractivity contribution < 1.29 is 29.4 Å². The van der Waals surface area contributed by atoms with Crippen LogP contribution >= 0.6 is 0 Å². The third kappa shape index (κ3) is 7.65. The van der Waals surface area contributed by atoms with Crippen molar-refractivity contribution in [3.05, 3.63) is 54.2 Å². The monoisotopic (exact) mass is 541 g/mol. The van der Waals surface area contributed by atoms with Gasteiger partial charge in [0.15, 0.2) is 0 Å². The Hall–Kier alpha value is -4.23. The normalized spacial score (nSPS) is 15.2. The van der Waals surface area contributed by atoms with Gasteiger partial charge in [0.05, 0.1) is 18.5 Å². The van der Waals surface area contributed by atoms with E-state index in [1.165, 1.54) is 19.4 Å². The van der Waals surface area contributed by atoms with Crippen LogP contribution in [0.25, 0.3) is 10.9 Å². The first-order chi connectivity index (χ1) is 18.5. The van der Waals surface area contributed by atoms with Gasteiger partial charge in [-0.1, -0.05) is 32.0 Å². The molecule has 9 N–H and O–H groups in total. The maximum absolute atomic E-state index is 13.2. The van der Waals surface area contributed by atoms with Crippen LogP contribution in [-0.2, 0) is 32.0 Å². The lowest BCUT2D eigenvalue weighted by Crippen LogP contribution is -2.61. The van der Waals surface area contributed by atoms with E-state index in [2.05, 4.69) is 30.9 Å². The van der Waals surface area contributed by atoms with E-state index < -0.39 is 59.9 Å². The molecule has 0 saturated carbocycles. The number of carbonyl (C=O) groups is 4. The molecule has 0 aliphatic rings. The number of carboxylic acids is 1. The Bertz CT molecular complexity index is 1290. The summed E-state index contributed by atoms with van der Waals surface area (Å²) in [6.45, 7) is 4.67. The van der Waals surface area contributed by atoms with Gasteiger partial charge < -0.3 is 41.9 Å². The molecule has 2 heterocycles.